The van der Waals surface area contributed by atoms with Crippen LogP contribution < -0.4 is 5.32 Å². The molecule has 1 heterocycles. The highest BCUT2D eigenvalue weighted by atomic mass is 35.5. The maximum Gasteiger partial charge on any atom is 0.0737 e. The van der Waals surface area contributed by atoms with Crippen molar-refractivity contribution >= 4 is 28.2 Å². The molecule has 0 saturated carbocycles. The Morgan fingerprint density at radius 1 is 1.22 bits per heavy atom. The van der Waals surface area contributed by atoms with Crippen LogP contribution in [0.3, 0.4) is 0 Å². The van der Waals surface area contributed by atoms with Crippen molar-refractivity contribution in [3.8, 4) is 0 Å². The number of anilines is 1. The number of fused-ring (bicyclic) bond motifs is 1. The van der Waals surface area contributed by atoms with Gasteiger partial charge in [-0.25, -0.2) is 0 Å². The molecule has 0 fully saturated rings. The van der Waals surface area contributed by atoms with Crippen molar-refractivity contribution in [1.82, 2.24) is 4.98 Å². The van der Waals surface area contributed by atoms with Gasteiger partial charge in [-0.15, -0.1) is 0 Å². The summed E-state index contributed by atoms with van der Waals surface area (Å²) in [5.41, 5.74) is 2.08. The molecule has 0 radical (unpaired) electrons. The molecule has 96 valence electrons. The minimum absolute atomic E-state index is 0.723. The Kier molecular flexibility index (Phi) is 4.43. The van der Waals surface area contributed by atoms with E-state index >= 15 is 0 Å². The predicted molar refractivity (Wildman–Crippen MR) is 79.3 cm³/mol. The number of hydrogen-bond donors (Lipinski definition) is 1. The maximum atomic E-state index is 5.98. The Bertz CT molecular complexity index is 521. The summed E-state index contributed by atoms with van der Waals surface area (Å²) in [4.78, 5) is 4.35. The lowest BCUT2D eigenvalue weighted by Crippen LogP contribution is -2.12. The van der Waals surface area contributed by atoms with Crippen LogP contribution >= 0.6 is 11.6 Å². The Morgan fingerprint density at radius 2 is 2.00 bits per heavy atom. The van der Waals surface area contributed by atoms with Crippen LogP contribution in [0.1, 0.15) is 26.7 Å². The minimum atomic E-state index is 0.723. The van der Waals surface area contributed by atoms with Gasteiger partial charge >= 0.3 is 0 Å². The van der Waals surface area contributed by atoms with Crippen LogP contribution in [0.25, 0.3) is 10.9 Å². The topological polar surface area (TPSA) is 24.9 Å². The quantitative estimate of drug-likeness (QED) is 0.842. The van der Waals surface area contributed by atoms with Crippen LogP contribution in [0.2, 0.25) is 5.02 Å². The standard InChI is InChI=1S/C15H19ClN2/c1-3-11(4-2)10-18-14-7-8-17-15-9-12(16)5-6-13(14)15/h5-9,11H,3-4,10H2,1-2H3,(H,17,18). The van der Waals surface area contributed by atoms with E-state index in [1.807, 2.05) is 30.5 Å². The molecule has 0 bridgehead atoms. The average Bonchev–Trinajstić information content (AvgIpc) is 2.39. The summed E-state index contributed by atoms with van der Waals surface area (Å²) in [6.45, 7) is 5.48. The molecule has 0 atom stereocenters. The van der Waals surface area contributed by atoms with E-state index in [2.05, 4.69) is 24.1 Å². The fourth-order valence-electron chi connectivity index (χ4n) is 2.11. The highest BCUT2D eigenvalue weighted by Gasteiger charge is 2.06. The van der Waals surface area contributed by atoms with E-state index in [-0.39, 0.29) is 0 Å². The average molecular weight is 263 g/mol. The smallest absolute Gasteiger partial charge is 0.0737 e. The first-order valence-corrected chi connectivity index (χ1v) is 6.90. The third kappa shape index (κ3) is 2.94. The molecule has 0 aliphatic carbocycles. The monoisotopic (exact) mass is 262 g/mol. The van der Waals surface area contributed by atoms with Crippen molar-refractivity contribution < 1.29 is 0 Å². The number of nitrogens with zero attached hydrogens (tertiary/aromatic N) is 1. The van der Waals surface area contributed by atoms with Gasteiger partial charge in [0.05, 0.1) is 5.52 Å². The van der Waals surface area contributed by atoms with Crippen LogP contribution in [-0.2, 0) is 0 Å². The van der Waals surface area contributed by atoms with Gasteiger partial charge in [0.1, 0.15) is 0 Å². The molecule has 1 N–H and O–H groups in total. The van der Waals surface area contributed by atoms with E-state index in [9.17, 15) is 0 Å². The van der Waals surface area contributed by atoms with Gasteiger partial charge in [-0.05, 0) is 30.2 Å². The van der Waals surface area contributed by atoms with E-state index in [1.54, 1.807) is 0 Å². The molecule has 3 heteroatoms. The summed E-state index contributed by atoms with van der Waals surface area (Å²) in [5, 5.41) is 5.39. The number of aromatic nitrogens is 1. The fraction of sp³-hybridized carbons (Fsp3) is 0.400. The van der Waals surface area contributed by atoms with E-state index in [1.165, 1.54) is 12.8 Å². The summed E-state index contributed by atoms with van der Waals surface area (Å²) in [7, 11) is 0. The predicted octanol–water partition coefficient (Wildman–Crippen LogP) is 4.74. The zero-order chi connectivity index (χ0) is 13.0. The molecule has 0 aliphatic heterocycles. The summed E-state index contributed by atoms with van der Waals surface area (Å²) in [5.74, 6) is 0.723. The lowest BCUT2D eigenvalue weighted by atomic mass is 10.0. The number of benzene rings is 1. The Balaban J connectivity index is 2.23. The van der Waals surface area contributed by atoms with Gasteiger partial charge in [0, 0.05) is 28.8 Å². The Labute approximate surface area is 113 Å². The van der Waals surface area contributed by atoms with Crippen molar-refractivity contribution in [2.45, 2.75) is 26.7 Å². The largest absolute Gasteiger partial charge is 0.384 e. The number of halogens is 1. The third-order valence-corrected chi connectivity index (χ3v) is 3.68. The molecule has 1 aromatic heterocycles. The lowest BCUT2D eigenvalue weighted by Gasteiger charge is -2.15. The Hall–Kier alpha value is -1.28. The van der Waals surface area contributed by atoms with Gasteiger partial charge in [-0.2, -0.15) is 0 Å². The van der Waals surface area contributed by atoms with Gasteiger partial charge in [0.25, 0.3) is 0 Å². The number of nitrogens with one attached hydrogen (secondary N) is 1. The van der Waals surface area contributed by atoms with Gasteiger partial charge in [0.15, 0.2) is 0 Å². The molecule has 2 nitrogen and oxygen atoms in total. The molecule has 0 unspecified atom stereocenters. The van der Waals surface area contributed by atoms with Crippen molar-refractivity contribution in [3.05, 3.63) is 35.5 Å². The van der Waals surface area contributed by atoms with E-state index < -0.39 is 0 Å². The second kappa shape index (κ2) is 6.05. The minimum Gasteiger partial charge on any atom is -0.384 e. The molecular formula is C15H19ClN2. The molecule has 0 saturated heterocycles. The second-order valence-corrected chi connectivity index (χ2v) is 5.02. The van der Waals surface area contributed by atoms with E-state index in [4.69, 9.17) is 11.6 Å². The SMILES string of the molecule is CCC(CC)CNc1ccnc2cc(Cl)ccc12. The first-order chi connectivity index (χ1) is 8.74. The molecule has 2 rings (SSSR count). The summed E-state index contributed by atoms with van der Waals surface area (Å²) >= 11 is 5.98. The normalized spacial score (nSPS) is 11.1. The molecule has 0 spiro atoms. The second-order valence-electron chi connectivity index (χ2n) is 4.58. The molecule has 18 heavy (non-hydrogen) atoms. The highest BCUT2D eigenvalue weighted by molar-refractivity contribution is 6.31. The van der Waals surface area contributed by atoms with Crippen molar-refractivity contribution in [2.24, 2.45) is 5.92 Å². The van der Waals surface area contributed by atoms with Crippen LogP contribution in [0, 0.1) is 5.92 Å². The summed E-state index contributed by atoms with van der Waals surface area (Å²) < 4.78 is 0. The maximum absolute atomic E-state index is 5.98. The molecular weight excluding hydrogens is 244 g/mol. The molecule has 1 aromatic carbocycles. The third-order valence-electron chi connectivity index (χ3n) is 3.44. The van der Waals surface area contributed by atoms with Gasteiger partial charge < -0.3 is 5.32 Å². The summed E-state index contributed by atoms with van der Waals surface area (Å²) in [6, 6.07) is 7.87. The zero-order valence-corrected chi connectivity index (χ0v) is 11.7. The molecule has 0 aliphatic rings. The lowest BCUT2D eigenvalue weighted by molar-refractivity contribution is 0.519. The number of hydrogen-bond acceptors (Lipinski definition) is 2. The van der Waals surface area contributed by atoms with E-state index in [0.717, 1.165) is 34.1 Å². The van der Waals surface area contributed by atoms with Gasteiger partial charge in [-0.1, -0.05) is 38.3 Å². The zero-order valence-electron chi connectivity index (χ0n) is 10.9. The molecule has 0 amide bonds. The Morgan fingerprint density at radius 3 is 2.72 bits per heavy atom. The van der Waals surface area contributed by atoms with Gasteiger partial charge in [-0.3, -0.25) is 4.98 Å². The van der Waals surface area contributed by atoms with Crippen LogP contribution in [-0.4, -0.2) is 11.5 Å². The van der Waals surface area contributed by atoms with E-state index in [0.29, 0.717) is 0 Å². The van der Waals surface area contributed by atoms with Crippen molar-refractivity contribution in [1.29, 1.82) is 0 Å². The number of pyridine rings is 1. The summed E-state index contributed by atoms with van der Waals surface area (Å²) in [6.07, 6.45) is 4.24. The first kappa shape index (κ1) is 13.2. The van der Waals surface area contributed by atoms with Gasteiger partial charge in [0.2, 0.25) is 0 Å². The highest BCUT2D eigenvalue weighted by Crippen LogP contribution is 2.24. The fourth-order valence-corrected chi connectivity index (χ4v) is 2.27. The van der Waals surface area contributed by atoms with Crippen LogP contribution in [0.15, 0.2) is 30.5 Å². The van der Waals surface area contributed by atoms with Crippen LogP contribution in [0.5, 0.6) is 0 Å². The van der Waals surface area contributed by atoms with Crippen molar-refractivity contribution in [3.63, 3.8) is 0 Å². The first-order valence-electron chi connectivity index (χ1n) is 6.52. The molecule has 2 aromatic rings. The van der Waals surface area contributed by atoms with Crippen LogP contribution in [0.4, 0.5) is 5.69 Å². The number of rotatable bonds is 5. The van der Waals surface area contributed by atoms with Crippen molar-refractivity contribution in [2.75, 3.05) is 11.9 Å².